The third kappa shape index (κ3) is 2.92. The van der Waals surface area contributed by atoms with Crippen molar-refractivity contribution >= 4 is 5.69 Å². The minimum Gasteiger partial charge on any atom is -0.389 e. The Hall–Kier alpha value is -1.09. The van der Waals surface area contributed by atoms with E-state index in [1.54, 1.807) is 13.8 Å². The zero-order chi connectivity index (χ0) is 14.2. The highest BCUT2D eigenvalue weighted by Crippen LogP contribution is 2.34. The summed E-state index contributed by atoms with van der Waals surface area (Å²) in [4.78, 5) is 2.31. The summed E-state index contributed by atoms with van der Waals surface area (Å²) in [6.45, 7) is 8.94. The quantitative estimate of drug-likeness (QED) is 0.879. The summed E-state index contributed by atoms with van der Waals surface area (Å²) < 4.78 is 13.7. The molecule has 0 spiro atoms. The standard InChI is InChI=1S/C16H24FNO/c1-10-5-6-18(12(3)7-10)16-8-11(2)15(17)9-14(16)13(4)19/h8-10,12-13,19H,5-7H2,1-4H3. The summed E-state index contributed by atoms with van der Waals surface area (Å²) in [5.74, 6) is 0.500. The van der Waals surface area contributed by atoms with Crippen molar-refractivity contribution in [2.45, 2.75) is 52.7 Å². The number of aliphatic hydroxyl groups is 1. The number of aryl methyl sites for hydroxylation is 1. The van der Waals surface area contributed by atoms with Crippen LogP contribution in [0.15, 0.2) is 12.1 Å². The lowest BCUT2D eigenvalue weighted by atomic mass is 9.91. The van der Waals surface area contributed by atoms with E-state index in [1.807, 2.05) is 6.07 Å². The molecule has 3 unspecified atom stereocenters. The molecule has 3 heteroatoms. The Morgan fingerprint density at radius 3 is 2.63 bits per heavy atom. The molecule has 0 aromatic heterocycles. The van der Waals surface area contributed by atoms with Crippen molar-refractivity contribution < 1.29 is 9.50 Å². The first-order chi connectivity index (χ1) is 8.90. The van der Waals surface area contributed by atoms with Crippen molar-refractivity contribution in [3.8, 4) is 0 Å². The third-order valence-corrected chi connectivity index (χ3v) is 4.21. The predicted octanol–water partition coefficient (Wildman–Crippen LogP) is 3.81. The average Bonchev–Trinajstić information content (AvgIpc) is 2.32. The Morgan fingerprint density at radius 2 is 2.05 bits per heavy atom. The van der Waals surface area contributed by atoms with E-state index in [1.165, 1.54) is 6.07 Å². The van der Waals surface area contributed by atoms with E-state index in [-0.39, 0.29) is 5.82 Å². The molecule has 0 saturated carbocycles. The third-order valence-electron chi connectivity index (χ3n) is 4.21. The van der Waals surface area contributed by atoms with Crippen molar-refractivity contribution in [1.29, 1.82) is 0 Å². The number of rotatable bonds is 2. The largest absolute Gasteiger partial charge is 0.389 e. The Balaban J connectivity index is 2.40. The first-order valence-electron chi connectivity index (χ1n) is 7.15. The van der Waals surface area contributed by atoms with Gasteiger partial charge in [0.15, 0.2) is 0 Å². The maximum absolute atomic E-state index is 13.7. The molecule has 1 saturated heterocycles. The van der Waals surface area contributed by atoms with E-state index in [4.69, 9.17) is 0 Å². The molecule has 3 atom stereocenters. The number of halogens is 1. The van der Waals surface area contributed by atoms with Gasteiger partial charge in [0.1, 0.15) is 5.82 Å². The van der Waals surface area contributed by atoms with Crippen LogP contribution in [0.5, 0.6) is 0 Å². The fraction of sp³-hybridized carbons (Fsp3) is 0.625. The Bertz CT molecular complexity index is 458. The lowest BCUT2D eigenvalue weighted by molar-refractivity contribution is 0.198. The fourth-order valence-corrected chi connectivity index (χ4v) is 3.03. The van der Waals surface area contributed by atoms with Gasteiger partial charge in [0.05, 0.1) is 6.10 Å². The molecule has 1 aliphatic rings. The molecule has 0 bridgehead atoms. The van der Waals surface area contributed by atoms with Crippen LogP contribution >= 0.6 is 0 Å². The van der Waals surface area contributed by atoms with Crippen LogP contribution in [0.4, 0.5) is 10.1 Å². The highest BCUT2D eigenvalue weighted by atomic mass is 19.1. The zero-order valence-corrected chi connectivity index (χ0v) is 12.3. The number of anilines is 1. The van der Waals surface area contributed by atoms with Crippen LogP contribution in [-0.4, -0.2) is 17.7 Å². The molecular weight excluding hydrogens is 241 g/mol. The molecule has 1 heterocycles. The Labute approximate surface area is 115 Å². The van der Waals surface area contributed by atoms with Gasteiger partial charge in [0.2, 0.25) is 0 Å². The van der Waals surface area contributed by atoms with Gasteiger partial charge >= 0.3 is 0 Å². The number of benzene rings is 1. The molecule has 1 aromatic rings. The number of aliphatic hydroxyl groups excluding tert-OH is 1. The van der Waals surface area contributed by atoms with Crippen molar-refractivity contribution in [1.82, 2.24) is 0 Å². The van der Waals surface area contributed by atoms with E-state index < -0.39 is 6.10 Å². The van der Waals surface area contributed by atoms with Gasteiger partial charge in [-0.1, -0.05) is 6.92 Å². The van der Waals surface area contributed by atoms with Gasteiger partial charge < -0.3 is 10.0 Å². The molecule has 2 nitrogen and oxygen atoms in total. The maximum atomic E-state index is 13.7. The number of hydrogen-bond acceptors (Lipinski definition) is 2. The van der Waals surface area contributed by atoms with Crippen LogP contribution < -0.4 is 4.90 Å². The van der Waals surface area contributed by atoms with Crippen LogP contribution in [0, 0.1) is 18.7 Å². The Morgan fingerprint density at radius 1 is 1.37 bits per heavy atom. The van der Waals surface area contributed by atoms with Crippen molar-refractivity contribution in [3.63, 3.8) is 0 Å². The highest BCUT2D eigenvalue weighted by Gasteiger charge is 2.26. The normalized spacial score (nSPS) is 25.5. The number of piperidine rings is 1. The highest BCUT2D eigenvalue weighted by molar-refractivity contribution is 5.57. The summed E-state index contributed by atoms with van der Waals surface area (Å²) in [6, 6.07) is 3.80. The first kappa shape index (κ1) is 14.3. The van der Waals surface area contributed by atoms with Crippen LogP contribution in [-0.2, 0) is 0 Å². The van der Waals surface area contributed by atoms with Gasteiger partial charge in [0, 0.05) is 23.8 Å². The molecular formula is C16H24FNO. The smallest absolute Gasteiger partial charge is 0.126 e. The van der Waals surface area contributed by atoms with Crippen molar-refractivity contribution in [2.24, 2.45) is 5.92 Å². The van der Waals surface area contributed by atoms with Gasteiger partial charge in [-0.2, -0.15) is 0 Å². The van der Waals surface area contributed by atoms with E-state index in [9.17, 15) is 9.50 Å². The molecule has 1 aliphatic heterocycles. The lowest BCUT2D eigenvalue weighted by Gasteiger charge is -2.39. The molecule has 2 rings (SSSR count). The van der Waals surface area contributed by atoms with Gasteiger partial charge in [0.25, 0.3) is 0 Å². The summed E-state index contributed by atoms with van der Waals surface area (Å²) in [5, 5.41) is 9.90. The fourth-order valence-electron chi connectivity index (χ4n) is 3.03. The first-order valence-corrected chi connectivity index (χ1v) is 7.15. The SMILES string of the molecule is Cc1cc(N2CCC(C)CC2C)c(C(C)O)cc1F. The van der Waals surface area contributed by atoms with Gasteiger partial charge in [-0.3, -0.25) is 0 Å². The van der Waals surface area contributed by atoms with Crippen LogP contribution in [0.25, 0.3) is 0 Å². The summed E-state index contributed by atoms with van der Waals surface area (Å²) >= 11 is 0. The minimum atomic E-state index is -0.642. The molecule has 106 valence electrons. The molecule has 0 amide bonds. The van der Waals surface area contributed by atoms with Crippen LogP contribution in [0.2, 0.25) is 0 Å². The van der Waals surface area contributed by atoms with Gasteiger partial charge in [-0.25, -0.2) is 4.39 Å². The molecule has 0 aliphatic carbocycles. The predicted molar refractivity (Wildman–Crippen MR) is 77.0 cm³/mol. The second-order valence-corrected chi connectivity index (χ2v) is 6.01. The second-order valence-electron chi connectivity index (χ2n) is 6.01. The molecule has 1 aromatic carbocycles. The topological polar surface area (TPSA) is 23.5 Å². The molecule has 1 fully saturated rings. The lowest BCUT2D eigenvalue weighted by Crippen LogP contribution is -2.41. The van der Waals surface area contributed by atoms with Crippen LogP contribution in [0.3, 0.4) is 0 Å². The molecule has 19 heavy (non-hydrogen) atoms. The van der Waals surface area contributed by atoms with Crippen LogP contribution in [0.1, 0.15) is 50.8 Å². The zero-order valence-electron chi connectivity index (χ0n) is 12.3. The summed E-state index contributed by atoms with van der Waals surface area (Å²) in [7, 11) is 0. The summed E-state index contributed by atoms with van der Waals surface area (Å²) in [6.07, 6.45) is 1.66. The minimum absolute atomic E-state index is 0.238. The van der Waals surface area contributed by atoms with Gasteiger partial charge in [-0.05, 0) is 57.2 Å². The monoisotopic (exact) mass is 265 g/mol. The average molecular weight is 265 g/mol. The Kier molecular flexibility index (Phi) is 4.14. The molecule has 1 N–H and O–H groups in total. The van der Waals surface area contributed by atoms with Crippen molar-refractivity contribution in [3.05, 3.63) is 29.1 Å². The second kappa shape index (κ2) is 5.49. The number of nitrogens with zero attached hydrogens (tertiary/aromatic N) is 1. The van der Waals surface area contributed by atoms with E-state index >= 15 is 0 Å². The summed E-state index contributed by atoms with van der Waals surface area (Å²) in [5.41, 5.74) is 2.34. The van der Waals surface area contributed by atoms with E-state index in [0.29, 0.717) is 17.2 Å². The number of hydrogen-bond donors (Lipinski definition) is 1. The molecule has 0 radical (unpaired) electrons. The maximum Gasteiger partial charge on any atom is 0.126 e. The van der Waals surface area contributed by atoms with Gasteiger partial charge in [-0.15, -0.1) is 0 Å². The van der Waals surface area contributed by atoms with Crippen molar-refractivity contribution in [2.75, 3.05) is 11.4 Å². The van der Waals surface area contributed by atoms with E-state index in [0.717, 1.165) is 31.0 Å². The van der Waals surface area contributed by atoms with E-state index in [2.05, 4.69) is 18.7 Å².